The van der Waals surface area contributed by atoms with Crippen molar-refractivity contribution in [1.29, 1.82) is 0 Å². The third-order valence-electron chi connectivity index (χ3n) is 2.17. The van der Waals surface area contributed by atoms with Gasteiger partial charge in [0.05, 0.1) is 13.7 Å². The Hall–Kier alpha value is -1.71. The van der Waals surface area contributed by atoms with Crippen molar-refractivity contribution >= 4 is 5.78 Å². The second-order valence-corrected chi connectivity index (χ2v) is 3.01. The number of carbonyl (C=O) groups is 1. The Morgan fingerprint density at radius 3 is 3.00 bits per heavy atom. The van der Waals surface area contributed by atoms with Gasteiger partial charge >= 0.3 is 0 Å². The van der Waals surface area contributed by atoms with Gasteiger partial charge in [-0.1, -0.05) is 0 Å². The Balaban J connectivity index is 2.64. The summed E-state index contributed by atoms with van der Waals surface area (Å²) < 4.78 is 10.2. The zero-order valence-electron chi connectivity index (χ0n) is 7.74. The van der Waals surface area contributed by atoms with Crippen molar-refractivity contribution in [1.82, 2.24) is 0 Å². The maximum atomic E-state index is 11.5. The van der Waals surface area contributed by atoms with E-state index in [9.17, 15) is 9.90 Å². The highest BCUT2D eigenvalue weighted by atomic mass is 16.5. The van der Waals surface area contributed by atoms with Crippen molar-refractivity contribution in [3.63, 3.8) is 0 Å². The summed E-state index contributed by atoms with van der Waals surface area (Å²) in [5.41, 5.74) is 0.346. The number of benzene rings is 1. The number of hydrogen-bond acceptors (Lipinski definition) is 4. The Morgan fingerprint density at radius 2 is 2.29 bits per heavy atom. The third-order valence-corrected chi connectivity index (χ3v) is 2.17. The molecule has 0 saturated heterocycles. The molecule has 0 fully saturated rings. The van der Waals surface area contributed by atoms with E-state index in [2.05, 4.69) is 0 Å². The zero-order valence-corrected chi connectivity index (χ0v) is 7.74. The number of ketones is 1. The molecule has 1 aromatic carbocycles. The average Bonchev–Trinajstić information content (AvgIpc) is 2.20. The van der Waals surface area contributed by atoms with Crippen molar-refractivity contribution < 1.29 is 19.4 Å². The van der Waals surface area contributed by atoms with Crippen LogP contribution in [0.2, 0.25) is 0 Å². The second-order valence-electron chi connectivity index (χ2n) is 3.01. The van der Waals surface area contributed by atoms with Crippen molar-refractivity contribution in [2.45, 2.75) is 6.42 Å². The maximum absolute atomic E-state index is 11.5. The molecular formula is C10H10O4. The van der Waals surface area contributed by atoms with E-state index in [0.717, 1.165) is 0 Å². The van der Waals surface area contributed by atoms with Crippen LogP contribution < -0.4 is 9.47 Å². The number of carbonyl (C=O) groups excluding carboxylic acids is 1. The molecule has 0 bridgehead atoms. The lowest BCUT2D eigenvalue weighted by Gasteiger charge is -2.19. The molecule has 1 heterocycles. The van der Waals surface area contributed by atoms with Gasteiger partial charge in [-0.25, -0.2) is 0 Å². The first-order chi connectivity index (χ1) is 6.74. The van der Waals surface area contributed by atoms with Crippen LogP contribution in [0.5, 0.6) is 17.2 Å². The van der Waals surface area contributed by atoms with E-state index in [1.54, 1.807) is 6.07 Å². The maximum Gasteiger partial charge on any atom is 0.175 e. The normalized spacial score (nSPS) is 14.5. The highest BCUT2D eigenvalue weighted by Crippen LogP contribution is 2.39. The lowest BCUT2D eigenvalue weighted by atomic mass is 10.0. The van der Waals surface area contributed by atoms with Crippen molar-refractivity contribution in [2.24, 2.45) is 0 Å². The molecule has 0 aromatic heterocycles. The number of phenols is 1. The molecule has 0 amide bonds. The molecular weight excluding hydrogens is 184 g/mol. The lowest BCUT2D eigenvalue weighted by molar-refractivity contribution is 0.0926. The average molecular weight is 194 g/mol. The molecule has 1 aliphatic rings. The Morgan fingerprint density at radius 1 is 1.50 bits per heavy atom. The summed E-state index contributed by atoms with van der Waals surface area (Å²) in [5, 5.41) is 9.46. The van der Waals surface area contributed by atoms with Crippen LogP contribution in [0, 0.1) is 0 Å². The molecule has 4 nitrogen and oxygen atoms in total. The van der Waals surface area contributed by atoms with Crippen LogP contribution >= 0.6 is 0 Å². The molecule has 1 N–H and O–H groups in total. The number of ether oxygens (including phenoxy) is 2. The van der Waals surface area contributed by atoms with E-state index in [1.807, 2.05) is 0 Å². The Labute approximate surface area is 81.1 Å². The standard InChI is InChI=1S/C10H10O4/c1-13-8-3-2-7(12)10-9(8)6(11)4-5-14-10/h2-3,12H,4-5H2,1H3. The second kappa shape index (κ2) is 3.21. The van der Waals surface area contributed by atoms with Gasteiger partial charge < -0.3 is 14.6 Å². The van der Waals surface area contributed by atoms with E-state index in [1.165, 1.54) is 13.2 Å². The van der Waals surface area contributed by atoms with Gasteiger partial charge in [0.2, 0.25) is 0 Å². The van der Waals surface area contributed by atoms with E-state index in [4.69, 9.17) is 9.47 Å². The van der Waals surface area contributed by atoms with Gasteiger partial charge in [0.1, 0.15) is 11.3 Å². The van der Waals surface area contributed by atoms with Gasteiger partial charge in [0.15, 0.2) is 17.3 Å². The van der Waals surface area contributed by atoms with Gasteiger partial charge in [-0.05, 0) is 12.1 Å². The first-order valence-corrected chi connectivity index (χ1v) is 4.30. The molecule has 74 valence electrons. The molecule has 0 spiro atoms. The monoisotopic (exact) mass is 194 g/mol. The van der Waals surface area contributed by atoms with Gasteiger partial charge in [-0.3, -0.25) is 4.79 Å². The number of hydrogen-bond donors (Lipinski definition) is 1. The topological polar surface area (TPSA) is 55.8 Å². The smallest absolute Gasteiger partial charge is 0.175 e. The predicted octanol–water partition coefficient (Wildman–Crippen LogP) is 1.37. The molecule has 0 radical (unpaired) electrons. The summed E-state index contributed by atoms with van der Waals surface area (Å²) in [6.45, 7) is 0.312. The Bertz CT molecular complexity index is 384. The molecule has 1 aromatic rings. The first-order valence-electron chi connectivity index (χ1n) is 4.30. The molecule has 0 atom stereocenters. The third kappa shape index (κ3) is 1.19. The van der Waals surface area contributed by atoms with E-state index in [-0.39, 0.29) is 17.3 Å². The number of fused-ring (bicyclic) bond motifs is 1. The van der Waals surface area contributed by atoms with Gasteiger partial charge in [0, 0.05) is 6.42 Å². The minimum atomic E-state index is -0.0565. The molecule has 0 saturated carbocycles. The summed E-state index contributed by atoms with van der Waals surface area (Å²) in [4.78, 5) is 11.5. The van der Waals surface area contributed by atoms with Crippen LogP contribution in [0.4, 0.5) is 0 Å². The minimum Gasteiger partial charge on any atom is -0.504 e. The van der Waals surface area contributed by atoms with Crippen LogP contribution in [-0.4, -0.2) is 24.6 Å². The van der Waals surface area contributed by atoms with Crippen molar-refractivity contribution in [3.05, 3.63) is 17.7 Å². The quantitative estimate of drug-likeness (QED) is 0.733. The Kier molecular flexibility index (Phi) is 2.04. The van der Waals surface area contributed by atoms with E-state index >= 15 is 0 Å². The molecule has 2 rings (SSSR count). The minimum absolute atomic E-state index is 0.0196. The van der Waals surface area contributed by atoms with Crippen molar-refractivity contribution in [3.8, 4) is 17.2 Å². The highest BCUT2D eigenvalue weighted by Gasteiger charge is 2.25. The highest BCUT2D eigenvalue weighted by molar-refractivity contribution is 6.03. The fourth-order valence-electron chi connectivity index (χ4n) is 1.50. The first kappa shape index (κ1) is 8.87. The molecule has 0 aliphatic carbocycles. The molecule has 14 heavy (non-hydrogen) atoms. The summed E-state index contributed by atoms with van der Waals surface area (Å²) in [5.74, 6) is 0.607. The number of aromatic hydroxyl groups is 1. The molecule has 4 heteroatoms. The van der Waals surface area contributed by atoms with Crippen LogP contribution in [0.3, 0.4) is 0 Å². The van der Waals surface area contributed by atoms with Gasteiger partial charge in [-0.15, -0.1) is 0 Å². The fraction of sp³-hybridized carbons (Fsp3) is 0.300. The number of methoxy groups -OCH3 is 1. The van der Waals surface area contributed by atoms with Gasteiger partial charge in [-0.2, -0.15) is 0 Å². The van der Waals surface area contributed by atoms with Crippen molar-refractivity contribution in [2.75, 3.05) is 13.7 Å². The lowest BCUT2D eigenvalue weighted by Crippen LogP contribution is -2.16. The number of rotatable bonds is 1. The van der Waals surface area contributed by atoms with Crippen LogP contribution in [0.25, 0.3) is 0 Å². The van der Waals surface area contributed by atoms with E-state index in [0.29, 0.717) is 24.3 Å². The summed E-state index contributed by atoms with van der Waals surface area (Å²) in [6.07, 6.45) is 0.326. The SMILES string of the molecule is COc1ccc(O)c2c1C(=O)CCO2. The van der Waals surface area contributed by atoms with Crippen LogP contribution in [0.1, 0.15) is 16.8 Å². The van der Waals surface area contributed by atoms with Crippen LogP contribution in [0.15, 0.2) is 12.1 Å². The van der Waals surface area contributed by atoms with Gasteiger partial charge in [0.25, 0.3) is 0 Å². The largest absolute Gasteiger partial charge is 0.504 e. The van der Waals surface area contributed by atoms with E-state index < -0.39 is 0 Å². The zero-order chi connectivity index (χ0) is 10.1. The van der Waals surface area contributed by atoms with Crippen LogP contribution in [-0.2, 0) is 0 Å². The number of phenolic OH excluding ortho intramolecular Hbond substituents is 1. The number of Topliss-reactive ketones (excluding diaryl/α,β-unsaturated/α-hetero) is 1. The predicted molar refractivity (Wildman–Crippen MR) is 49.1 cm³/mol. The molecule has 1 aliphatic heterocycles. The summed E-state index contributed by atoms with van der Waals surface area (Å²) >= 11 is 0. The summed E-state index contributed by atoms with van der Waals surface area (Å²) in [7, 11) is 1.48. The summed E-state index contributed by atoms with van der Waals surface area (Å²) in [6, 6.07) is 3.01. The fourth-order valence-corrected chi connectivity index (χ4v) is 1.50. The molecule has 0 unspecified atom stereocenters.